The van der Waals surface area contributed by atoms with Gasteiger partial charge < -0.3 is 5.11 Å². The van der Waals surface area contributed by atoms with Crippen molar-refractivity contribution in [2.45, 2.75) is 57.6 Å². The number of allylic oxidation sites excluding steroid dienone is 2. The molecule has 0 amide bonds. The molecule has 1 aromatic rings. The van der Waals surface area contributed by atoms with Crippen molar-refractivity contribution in [3.05, 3.63) is 54.4 Å². The quantitative estimate of drug-likeness (QED) is 0.711. The van der Waals surface area contributed by atoms with Crippen molar-refractivity contribution in [3.63, 3.8) is 0 Å². The first kappa shape index (κ1) is 18.4. The van der Waals surface area contributed by atoms with Crippen molar-refractivity contribution in [1.82, 2.24) is 0 Å². The summed E-state index contributed by atoms with van der Waals surface area (Å²) in [6.07, 6.45) is 12.0. The fourth-order valence-electron chi connectivity index (χ4n) is 5.30. The van der Waals surface area contributed by atoms with Gasteiger partial charge in [-0.2, -0.15) is 5.10 Å². The Labute approximate surface area is 161 Å². The minimum atomic E-state index is -0.241. The van der Waals surface area contributed by atoms with Crippen LogP contribution in [0.1, 0.15) is 45.4 Å². The van der Waals surface area contributed by atoms with Gasteiger partial charge in [0.1, 0.15) is 5.82 Å². The number of halogens is 1. The van der Waals surface area contributed by atoms with Gasteiger partial charge in [-0.05, 0) is 74.1 Å². The van der Waals surface area contributed by atoms with Crippen LogP contribution in [0.2, 0.25) is 0 Å². The molecule has 4 rings (SSSR count). The van der Waals surface area contributed by atoms with Crippen molar-refractivity contribution >= 4 is 11.9 Å². The van der Waals surface area contributed by atoms with Crippen LogP contribution in [0.4, 0.5) is 10.1 Å². The molecule has 3 aliphatic rings. The lowest BCUT2D eigenvalue weighted by Gasteiger charge is -2.42. The molecule has 2 aliphatic carbocycles. The van der Waals surface area contributed by atoms with Crippen LogP contribution in [0.5, 0.6) is 0 Å². The first-order valence-electron chi connectivity index (χ1n) is 10.1. The van der Waals surface area contributed by atoms with Crippen LogP contribution in [0.15, 0.2) is 53.7 Å². The van der Waals surface area contributed by atoms with E-state index in [1.54, 1.807) is 12.1 Å². The first-order chi connectivity index (χ1) is 13.0. The van der Waals surface area contributed by atoms with E-state index in [-0.39, 0.29) is 23.4 Å². The van der Waals surface area contributed by atoms with Gasteiger partial charge in [-0.25, -0.2) is 4.39 Å². The van der Waals surface area contributed by atoms with Crippen molar-refractivity contribution in [1.29, 1.82) is 0 Å². The highest BCUT2D eigenvalue weighted by Crippen LogP contribution is 2.56. The molecule has 5 atom stereocenters. The highest BCUT2D eigenvalue weighted by atomic mass is 19.1. The third kappa shape index (κ3) is 3.36. The number of hydrazone groups is 1. The normalized spacial score (nSPS) is 32.8. The minimum Gasteiger partial charge on any atom is -0.393 e. The lowest BCUT2D eigenvalue weighted by Crippen LogP contribution is -2.40. The average molecular weight is 368 g/mol. The van der Waals surface area contributed by atoms with Gasteiger partial charge in [0, 0.05) is 12.1 Å². The molecule has 0 saturated heterocycles. The number of anilines is 1. The maximum absolute atomic E-state index is 13.3. The standard InChI is InChI=1S/C23H29FN2O/c1-3-4-5-21(27)12-17-6-7-18-13-22-16(14-23(17,18)2)15-25-26(22)20-10-8-19(24)9-11-20/h3,8-11,13,15-17,21-22,27H,1,4-7,12,14H2,2H3/t16?,17-,21-,22?,23-/m1/s1. The van der Waals surface area contributed by atoms with Crippen LogP contribution in [0.25, 0.3) is 0 Å². The third-order valence-corrected chi connectivity index (χ3v) is 6.88. The number of benzene rings is 1. The van der Waals surface area contributed by atoms with E-state index >= 15 is 0 Å². The summed E-state index contributed by atoms with van der Waals surface area (Å²) >= 11 is 0. The Morgan fingerprint density at radius 1 is 1.41 bits per heavy atom. The lowest BCUT2D eigenvalue weighted by molar-refractivity contribution is 0.0972. The number of aliphatic hydroxyl groups is 1. The fourth-order valence-corrected chi connectivity index (χ4v) is 5.30. The molecule has 144 valence electrons. The molecular weight excluding hydrogens is 339 g/mol. The second kappa shape index (κ2) is 7.23. The Balaban J connectivity index is 1.52. The summed E-state index contributed by atoms with van der Waals surface area (Å²) in [5.41, 5.74) is 2.61. The maximum Gasteiger partial charge on any atom is 0.123 e. The van der Waals surface area contributed by atoms with Crippen LogP contribution in [-0.4, -0.2) is 23.5 Å². The number of hydrogen-bond acceptors (Lipinski definition) is 3. The van der Waals surface area contributed by atoms with E-state index in [0.717, 1.165) is 44.2 Å². The summed E-state index contributed by atoms with van der Waals surface area (Å²) in [6.45, 7) is 6.13. The molecule has 3 nitrogen and oxygen atoms in total. The van der Waals surface area contributed by atoms with Crippen molar-refractivity contribution in [3.8, 4) is 0 Å². The molecule has 0 bridgehead atoms. The molecule has 0 radical (unpaired) electrons. The number of hydrogen-bond donors (Lipinski definition) is 1. The molecule has 1 heterocycles. The Hall–Kier alpha value is -1.94. The van der Waals surface area contributed by atoms with Crippen molar-refractivity contribution in [2.24, 2.45) is 22.4 Å². The van der Waals surface area contributed by atoms with E-state index in [2.05, 4.69) is 30.9 Å². The molecule has 1 fully saturated rings. The van der Waals surface area contributed by atoms with E-state index in [1.807, 2.05) is 11.1 Å². The van der Waals surface area contributed by atoms with E-state index in [0.29, 0.717) is 11.8 Å². The van der Waals surface area contributed by atoms with E-state index in [1.165, 1.54) is 17.7 Å². The summed E-state index contributed by atoms with van der Waals surface area (Å²) in [5.74, 6) is 0.675. The minimum absolute atomic E-state index is 0.154. The predicted octanol–water partition coefficient (Wildman–Crippen LogP) is 5.08. The molecule has 1 aromatic carbocycles. The zero-order valence-electron chi connectivity index (χ0n) is 16.0. The van der Waals surface area contributed by atoms with Gasteiger partial charge in [-0.15, -0.1) is 6.58 Å². The van der Waals surface area contributed by atoms with Crippen molar-refractivity contribution in [2.75, 3.05) is 5.01 Å². The van der Waals surface area contributed by atoms with Crippen LogP contribution < -0.4 is 5.01 Å². The Kier molecular flexibility index (Phi) is 4.94. The number of fused-ring (bicyclic) bond motifs is 2. The largest absolute Gasteiger partial charge is 0.393 e. The summed E-state index contributed by atoms with van der Waals surface area (Å²) in [7, 11) is 0. The van der Waals surface area contributed by atoms with Gasteiger partial charge in [-0.3, -0.25) is 5.01 Å². The van der Waals surface area contributed by atoms with Crippen LogP contribution in [0, 0.1) is 23.1 Å². The van der Waals surface area contributed by atoms with E-state index < -0.39 is 0 Å². The van der Waals surface area contributed by atoms with Crippen LogP contribution in [-0.2, 0) is 0 Å². The fraction of sp³-hybridized carbons (Fsp3) is 0.522. The molecule has 0 spiro atoms. The van der Waals surface area contributed by atoms with Gasteiger partial charge in [-0.1, -0.05) is 24.6 Å². The molecule has 1 N–H and O–H groups in total. The Morgan fingerprint density at radius 2 is 2.19 bits per heavy atom. The van der Waals surface area contributed by atoms with Gasteiger partial charge in [0.25, 0.3) is 0 Å². The summed E-state index contributed by atoms with van der Waals surface area (Å²) < 4.78 is 13.3. The van der Waals surface area contributed by atoms with E-state index in [9.17, 15) is 9.50 Å². The molecule has 0 aromatic heterocycles. The Morgan fingerprint density at radius 3 is 2.93 bits per heavy atom. The van der Waals surface area contributed by atoms with Crippen LogP contribution in [0.3, 0.4) is 0 Å². The third-order valence-electron chi connectivity index (χ3n) is 6.88. The van der Waals surface area contributed by atoms with Gasteiger partial charge in [0.2, 0.25) is 0 Å². The molecule has 4 heteroatoms. The summed E-state index contributed by atoms with van der Waals surface area (Å²) in [6, 6.07) is 6.81. The molecule has 27 heavy (non-hydrogen) atoms. The zero-order chi connectivity index (χ0) is 19.0. The zero-order valence-corrected chi connectivity index (χ0v) is 16.0. The van der Waals surface area contributed by atoms with Gasteiger partial charge >= 0.3 is 0 Å². The smallest absolute Gasteiger partial charge is 0.123 e. The Bertz CT molecular complexity index is 756. The summed E-state index contributed by atoms with van der Waals surface area (Å²) in [5, 5.41) is 17.1. The maximum atomic E-state index is 13.3. The first-order valence-corrected chi connectivity index (χ1v) is 10.1. The van der Waals surface area contributed by atoms with Crippen molar-refractivity contribution < 1.29 is 9.50 Å². The van der Waals surface area contributed by atoms with Gasteiger partial charge in [0.15, 0.2) is 0 Å². The number of aliphatic hydroxyl groups excluding tert-OH is 1. The highest BCUT2D eigenvalue weighted by molar-refractivity contribution is 5.72. The molecule has 1 saturated carbocycles. The average Bonchev–Trinajstić information content (AvgIpc) is 3.19. The number of nitrogens with zero attached hydrogens (tertiary/aromatic N) is 2. The molecule has 2 unspecified atom stereocenters. The number of rotatable bonds is 6. The second-order valence-electron chi connectivity index (χ2n) is 8.54. The highest BCUT2D eigenvalue weighted by Gasteiger charge is 2.50. The van der Waals surface area contributed by atoms with Crippen LogP contribution >= 0.6 is 0 Å². The van der Waals surface area contributed by atoms with E-state index in [4.69, 9.17) is 0 Å². The topological polar surface area (TPSA) is 35.8 Å². The summed E-state index contributed by atoms with van der Waals surface area (Å²) in [4.78, 5) is 0. The lowest BCUT2D eigenvalue weighted by atomic mass is 9.65. The second-order valence-corrected chi connectivity index (χ2v) is 8.54. The SMILES string of the molecule is C=CCC[C@@H](O)C[C@H]1CCC2=CC3C(C=NN3c3ccc(F)cc3)C[C@@]21C. The molecule has 1 aliphatic heterocycles. The molecular formula is C23H29FN2O. The predicted molar refractivity (Wildman–Crippen MR) is 108 cm³/mol. The van der Waals surface area contributed by atoms with Gasteiger partial charge in [0.05, 0.1) is 17.8 Å². The monoisotopic (exact) mass is 368 g/mol.